The Bertz CT molecular complexity index is 737. The Kier molecular flexibility index (Phi) is 3.70. The van der Waals surface area contributed by atoms with Crippen LogP contribution in [0.3, 0.4) is 0 Å². The van der Waals surface area contributed by atoms with Crippen LogP contribution in [-0.2, 0) is 0 Å². The van der Waals surface area contributed by atoms with Crippen molar-refractivity contribution in [2.45, 2.75) is 6.36 Å². The first-order chi connectivity index (χ1) is 9.78. The molecule has 0 atom stereocenters. The third kappa shape index (κ3) is 3.41. The first kappa shape index (κ1) is 14.6. The van der Waals surface area contributed by atoms with E-state index in [-0.39, 0.29) is 16.7 Å². The van der Waals surface area contributed by atoms with Crippen molar-refractivity contribution in [3.05, 3.63) is 52.4 Å². The minimum absolute atomic E-state index is 0.0102. The molecule has 2 rings (SSSR count). The molecule has 1 aromatic carbocycles. The van der Waals surface area contributed by atoms with Gasteiger partial charge in [0, 0.05) is 6.20 Å². The number of nitrogens with one attached hydrogen (secondary N) is 1. The van der Waals surface area contributed by atoms with Crippen molar-refractivity contribution in [1.29, 1.82) is 0 Å². The standard InChI is InChI=1S/C13H8F3NO4/c14-13(15,16)21-8-3-1-2-7(6-8)10-9(12(19)20)4-5-17-11(10)18/h1-6H,(H,17,18)(H,19,20). The topological polar surface area (TPSA) is 79.4 Å². The Hall–Kier alpha value is -2.77. The average Bonchev–Trinajstić information content (AvgIpc) is 2.36. The van der Waals surface area contributed by atoms with Gasteiger partial charge in [-0.25, -0.2) is 4.79 Å². The largest absolute Gasteiger partial charge is 0.573 e. The normalized spacial score (nSPS) is 11.2. The summed E-state index contributed by atoms with van der Waals surface area (Å²) in [6.45, 7) is 0. The fourth-order valence-electron chi connectivity index (χ4n) is 1.79. The summed E-state index contributed by atoms with van der Waals surface area (Å²) < 4.78 is 40.3. The first-order valence-corrected chi connectivity index (χ1v) is 5.59. The van der Waals surface area contributed by atoms with Crippen LogP contribution in [0.25, 0.3) is 11.1 Å². The molecule has 21 heavy (non-hydrogen) atoms. The first-order valence-electron chi connectivity index (χ1n) is 5.59. The van der Waals surface area contributed by atoms with Crippen molar-refractivity contribution in [3.63, 3.8) is 0 Å². The number of carboxylic acid groups (broad SMARTS) is 1. The summed E-state index contributed by atoms with van der Waals surface area (Å²) in [6, 6.07) is 5.70. The molecule has 1 aromatic heterocycles. The van der Waals surface area contributed by atoms with E-state index in [1.807, 2.05) is 0 Å². The quantitative estimate of drug-likeness (QED) is 0.913. The Morgan fingerprint density at radius 1 is 1.24 bits per heavy atom. The zero-order valence-electron chi connectivity index (χ0n) is 10.3. The highest BCUT2D eigenvalue weighted by Gasteiger charge is 2.31. The lowest BCUT2D eigenvalue weighted by atomic mass is 10.0. The van der Waals surface area contributed by atoms with E-state index in [0.29, 0.717) is 0 Å². The summed E-state index contributed by atoms with van der Waals surface area (Å²) in [4.78, 5) is 25.1. The molecule has 0 fully saturated rings. The summed E-state index contributed by atoms with van der Waals surface area (Å²) in [6.07, 6.45) is -3.73. The van der Waals surface area contributed by atoms with Crippen LogP contribution >= 0.6 is 0 Å². The average molecular weight is 299 g/mol. The van der Waals surface area contributed by atoms with Gasteiger partial charge in [0.05, 0.1) is 11.1 Å². The number of hydrogen-bond donors (Lipinski definition) is 2. The van der Waals surface area contributed by atoms with Crippen LogP contribution in [-0.4, -0.2) is 22.4 Å². The van der Waals surface area contributed by atoms with E-state index in [1.54, 1.807) is 0 Å². The second-order valence-corrected chi connectivity index (χ2v) is 3.98. The van der Waals surface area contributed by atoms with E-state index in [4.69, 9.17) is 5.11 Å². The number of pyridine rings is 1. The van der Waals surface area contributed by atoms with Gasteiger partial charge in [0.2, 0.25) is 0 Å². The van der Waals surface area contributed by atoms with Gasteiger partial charge in [-0.15, -0.1) is 13.2 Å². The third-order valence-electron chi connectivity index (χ3n) is 2.55. The predicted molar refractivity (Wildman–Crippen MR) is 66.1 cm³/mol. The molecule has 0 bridgehead atoms. The number of alkyl halides is 3. The minimum Gasteiger partial charge on any atom is -0.478 e. The lowest BCUT2D eigenvalue weighted by Gasteiger charge is -2.10. The molecule has 8 heteroatoms. The lowest BCUT2D eigenvalue weighted by molar-refractivity contribution is -0.274. The smallest absolute Gasteiger partial charge is 0.478 e. The number of carboxylic acids is 1. The molecule has 0 amide bonds. The highest BCUT2D eigenvalue weighted by molar-refractivity contribution is 5.95. The van der Waals surface area contributed by atoms with E-state index >= 15 is 0 Å². The highest BCUT2D eigenvalue weighted by Crippen LogP contribution is 2.27. The van der Waals surface area contributed by atoms with E-state index < -0.39 is 23.6 Å². The van der Waals surface area contributed by atoms with E-state index in [9.17, 15) is 22.8 Å². The van der Waals surface area contributed by atoms with Gasteiger partial charge in [-0.2, -0.15) is 0 Å². The molecule has 2 aromatic rings. The molecular formula is C13H8F3NO4. The molecule has 0 aliphatic carbocycles. The van der Waals surface area contributed by atoms with Crippen LogP contribution in [0, 0.1) is 0 Å². The monoisotopic (exact) mass is 299 g/mol. The predicted octanol–water partition coefficient (Wildman–Crippen LogP) is 2.64. The van der Waals surface area contributed by atoms with Gasteiger partial charge in [0.25, 0.3) is 5.56 Å². The molecule has 0 aliphatic heterocycles. The van der Waals surface area contributed by atoms with Gasteiger partial charge < -0.3 is 14.8 Å². The molecular weight excluding hydrogens is 291 g/mol. The van der Waals surface area contributed by atoms with E-state index in [2.05, 4.69) is 9.72 Å². The number of carbonyl (C=O) groups is 1. The molecule has 0 aliphatic rings. The van der Waals surface area contributed by atoms with Gasteiger partial charge in [-0.1, -0.05) is 12.1 Å². The van der Waals surface area contributed by atoms with Crippen LogP contribution in [0.4, 0.5) is 13.2 Å². The zero-order valence-corrected chi connectivity index (χ0v) is 10.3. The fraction of sp³-hybridized carbons (Fsp3) is 0.0769. The summed E-state index contributed by atoms with van der Waals surface area (Å²) in [5.41, 5.74) is -1.27. The maximum absolute atomic E-state index is 12.2. The third-order valence-corrected chi connectivity index (χ3v) is 2.55. The zero-order chi connectivity index (χ0) is 15.6. The van der Waals surface area contributed by atoms with Crippen molar-refractivity contribution < 1.29 is 27.8 Å². The van der Waals surface area contributed by atoms with Gasteiger partial charge in [0.1, 0.15) is 5.75 Å². The number of aromatic carboxylic acids is 1. The van der Waals surface area contributed by atoms with Crippen LogP contribution < -0.4 is 10.3 Å². The van der Waals surface area contributed by atoms with Crippen molar-refractivity contribution in [1.82, 2.24) is 4.98 Å². The van der Waals surface area contributed by atoms with Crippen LogP contribution in [0.5, 0.6) is 5.75 Å². The summed E-state index contributed by atoms with van der Waals surface area (Å²) >= 11 is 0. The molecule has 0 unspecified atom stereocenters. The van der Waals surface area contributed by atoms with Crippen molar-refractivity contribution in [2.75, 3.05) is 0 Å². The number of aromatic nitrogens is 1. The van der Waals surface area contributed by atoms with Crippen molar-refractivity contribution in [2.24, 2.45) is 0 Å². The van der Waals surface area contributed by atoms with Crippen LogP contribution in [0.1, 0.15) is 10.4 Å². The molecule has 0 radical (unpaired) electrons. The Morgan fingerprint density at radius 2 is 1.95 bits per heavy atom. The van der Waals surface area contributed by atoms with Gasteiger partial charge >= 0.3 is 12.3 Å². The number of ether oxygens (including phenoxy) is 1. The second kappa shape index (κ2) is 5.31. The second-order valence-electron chi connectivity index (χ2n) is 3.98. The number of benzene rings is 1. The Morgan fingerprint density at radius 3 is 2.57 bits per heavy atom. The maximum Gasteiger partial charge on any atom is 0.573 e. The summed E-state index contributed by atoms with van der Waals surface area (Å²) in [5.74, 6) is -1.90. The fourth-order valence-corrected chi connectivity index (χ4v) is 1.79. The summed E-state index contributed by atoms with van der Waals surface area (Å²) in [5, 5.41) is 9.04. The highest BCUT2D eigenvalue weighted by atomic mass is 19.4. The van der Waals surface area contributed by atoms with Crippen molar-refractivity contribution in [3.8, 4) is 16.9 Å². The molecule has 5 nitrogen and oxygen atoms in total. The van der Waals surface area contributed by atoms with Gasteiger partial charge in [-0.3, -0.25) is 4.79 Å². The van der Waals surface area contributed by atoms with Crippen LogP contribution in [0.15, 0.2) is 41.3 Å². The Labute approximate surface area is 115 Å². The van der Waals surface area contributed by atoms with Crippen molar-refractivity contribution >= 4 is 5.97 Å². The molecule has 0 saturated carbocycles. The Balaban J connectivity index is 2.56. The number of rotatable bonds is 3. The lowest BCUT2D eigenvalue weighted by Crippen LogP contribution is -2.17. The van der Waals surface area contributed by atoms with Gasteiger partial charge in [0.15, 0.2) is 0 Å². The summed E-state index contributed by atoms with van der Waals surface area (Å²) in [7, 11) is 0. The molecule has 2 N–H and O–H groups in total. The molecule has 0 saturated heterocycles. The minimum atomic E-state index is -4.88. The molecule has 0 spiro atoms. The number of halogens is 3. The van der Waals surface area contributed by atoms with Gasteiger partial charge in [-0.05, 0) is 23.8 Å². The van der Waals surface area contributed by atoms with E-state index in [0.717, 1.165) is 24.4 Å². The SMILES string of the molecule is O=C(O)c1cc[nH]c(=O)c1-c1cccc(OC(F)(F)F)c1. The maximum atomic E-state index is 12.2. The number of H-pyrrole nitrogens is 1. The molecule has 1 heterocycles. The number of aromatic amines is 1. The van der Waals surface area contributed by atoms with Crippen LogP contribution in [0.2, 0.25) is 0 Å². The molecule has 110 valence electrons. The number of hydrogen-bond acceptors (Lipinski definition) is 3. The van der Waals surface area contributed by atoms with E-state index in [1.165, 1.54) is 12.1 Å².